The molecule has 2 aromatic rings. The third-order valence-electron chi connectivity index (χ3n) is 5.20. The molecular weight excluding hydrogens is 346 g/mol. The van der Waals surface area contributed by atoms with Crippen LogP contribution in [-0.2, 0) is 9.59 Å². The predicted molar refractivity (Wildman–Crippen MR) is 103 cm³/mol. The highest BCUT2D eigenvalue weighted by Crippen LogP contribution is 2.33. The lowest BCUT2D eigenvalue weighted by atomic mass is 9.97. The Labute approximate surface area is 158 Å². The van der Waals surface area contributed by atoms with Gasteiger partial charge in [0.2, 0.25) is 5.91 Å². The summed E-state index contributed by atoms with van der Waals surface area (Å²) in [7, 11) is 0. The van der Waals surface area contributed by atoms with Gasteiger partial charge in [0, 0.05) is 10.8 Å². The summed E-state index contributed by atoms with van der Waals surface area (Å²) in [6.45, 7) is 4.32. The van der Waals surface area contributed by atoms with Crippen LogP contribution in [0.2, 0.25) is 0 Å². The van der Waals surface area contributed by atoms with Crippen molar-refractivity contribution >= 4 is 23.2 Å². The zero-order valence-corrected chi connectivity index (χ0v) is 16.0. The molecule has 0 saturated heterocycles. The van der Waals surface area contributed by atoms with Gasteiger partial charge in [-0.25, -0.2) is 0 Å². The molecule has 1 heterocycles. The van der Waals surface area contributed by atoms with Gasteiger partial charge in [0.15, 0.2) is 0 Å². The molecule has 1 amide bonds. The summed E-state index contributed by atoms with van der Waals surface area (Å²) >= 11 is 1.62. The highest BCUT2D eigenvalue weighted by molar-refractivity contribution is 7.10. The zero-order valence-electron chi connectivity index (χ0n) is 15.1. The van der Waals surface area contributed by atoms with Crippen molar-refractivity contribution < 1.29 is 14.7 Å². The molecule has 26 heavy (non-hydrogen) atoms. The van der Waals surface area contributed by atoms with Crippen LogP contribution in [0, 0.1) is 11.8 Å². The fourth-order valence-electron chi connectivity index (χ4n) is 3.55. The molecule has 0 aliphatic heterocycles. The average molecular weight is 372 g/mol. The van der Waals surface area contributed by atoms with E-state index in [4.69, 9.17) is 5.11 Å². The number of nitrogens with one attached hydrogen (secondary N) is 1. The summed E-state index contributed by atoms with van der Waals surface area (Å²) in [5.74, 6) is -0.977. The van der Waals surface area contributed by atoms with Crippen LogP contribution in [0.3, 0.4) is 0 Å². The number of carbonyl (C=O) groups is 2. The van der Waals surface area contributed by atoms with Crippen LogP contribution >= 0.6 is 11.3 Å². The van der Waals surface area contributed by atoms with Crippen molar-refractivity contribution in [1.82, 2.24) is 5.32 Å². The first kappa shape index (κ1) is 18.6. The Morgan fingerprint density at radius 3 is 2.27 bits per heavy atom. The van der Waals surface area contributed by atoms with Crippen molar-refractivity contribution in [1.29, 1.82) is 0 Å². The van der Waals surface area contributed by atoms with E-state index in [1.165, 1.54) is 5.56 Å². The van der Waals surface area contributed by atoms with E-state index < -0.39 is 11.9 Å². The van der Waals surface area contributed by atoms with Crippen molar-refractivity contribution in [2.24, 2.45) is 11.8 Å². The SMILES string of the molecule is CC(C)c1ccc(C(NC(=O)[C@@H]2CC[C@H](C(=O)O)C2)c2cccs2)cc1. The maximum absolute atomic E-state index is 12.8. The molecule has 0 spiro atoms. The molecule has 4 nitrogen and oxygen atoms in total. The van der Waals surface area contributed by atoms with E-state index in [1.807, 2.05) is 17.5 Å². The first-order chi connectivity index (χ1) is 12.5. The van der Waals surface area contributed by atoms with Crippen molar-refractivity contribution in [2.75, 3.05) is 0 Å². The monoisotopic (exact) mass is 371 g/mol. The molecule has 2 N–H and O–H groups in total. The number of benzene rings is 1. The first-order valence-corrected chi connectivity index (χ1v) is 10.00. The Hall–Kier alpha value is -2.14. The number of thiophene rings is 1. The first-order valence-electron chi connectivity index (χ1n) is 9.12. The molecule has 1 fully saturated rings. The van der Waals surface area contributed by atoms with Crippen LogP contribution in [0.15, 0.2) is 41.8 Å². The van der Waals surface area contributed by atoms with Gasteiger partial charge >= 0.3 is 5.97 Å². The normalized spacial score (nSPS) is 20.9. The quantitative estimate of drug-likeness (QED) is 0.781. The molecular formula is C21H25NO3S. The second kappa shape index (κ2) is 8.04. The summed E-state index contributed by atoms with van der Waals surface area (Å²) in [4.78, 5) is 25.0. The lowest BCUT2D eigenvalue weighted by Crippen LogP contribution is -2.33. The molecule has 1 saturated carbocycles. The second-order valence-corrected chi connectivity index (χ2v) is 8.30. The Bertz CT molecular complexity index is 752. The Kier molecular flexibility index (Phi) is 5.77. The van der Waals surface area contributed by atoms with Gasteiger partial charge in [-0.3, -0.25) is 9.59 Å². The van der Waals surface area contributed by atoms with E-state index >= 15 is 0 Å². The minimum Gasteiger partial charge on any atom is -0.481 e. The smallest absolute Gasteiger partial charge is 0.306 e. The van der Waals surface area contributed by atoms with Gasteiger partial charge in [-0.1, -0.05) is 44.2 Å². The Morgan fingerprint density at radius 1 is 1.08 bits per heavy atom. The van der Waals surface area contributed by atoms with E-state index in [1.54, 1.807) is 11.3 Å². The topological polar surface area (TPSA) is 66.4 Å². The van der Waals surface area contributed by atoms with E-state index in [0.717, 1.165) is 10.4 Å². The number of hydrogen-bond acceptors (Lipinski definition) is 3. The third-order valence-corrected chi connectivity index (χ3v) is 6.14. The maximum atomic E-state index is 12.8. The Balaban J connectivity index is 1.77. The molecule has 1 aromatic carbocycles. The van der Waals surface area contributed by atoms with Crippen LogP contribution in [0.4, 0.5) is 0 Å². The summed E-state index contributed by atoms with van der Waals surface area (Å²) in [5.41, 5.74) is 2.32. The van der Waals surface area contributed by atoms with Gasteiger partial charge < -0.3 is 10.4 Å². The maximum Gasteiger partial charge on any atom is 0.306 e. The molecule has 3 rings (SSSR count). The molecule has 3 atom stereocenters. The number of aliphatic carboxylic acids is 1. The van der Waals surface area contributed by atoms with Gasteiger partial charge in [-0.05, 0) is 47.8 Å². The largest absolute Gasteiger partial charge is 0.481 e. The summed E-state index contributed by atoms with van der Waals surface area (Å²) < 4.78 is 0. The number of carbonyl (C=O) groups excluding carboxylic acids is 1. The Morgan fingerprint density at radius 2 is 1.73 bits per heavy atom. The van der Waals surface area contributed by atoms with E-state index in [9.17, 15) is 9.59 Å². The van der Waals surface area contributed by atoms with E-state index in [0.29, 0.717) is 25.2 Å². The fraction of sp³-hybridized carbons (Fsp3) is 0.429. The molecule has 5 heteroatoms. The van der Waals surface area contributed by atoms with Crippen molar-refractivity contribution in [2.45, 2.75) is 45.1 Å². The lowest BCUT2D eigenvalue weighted by molar-refractivity contribution is -0.141. The van der Waals surface area contributed by atoms with Crippen molar-refractivity contribution in [3.8, 4) is 0 Å². The lowest BCUT2D eigenvalue weighted by Gasteiger charge is -2.21. The minimum atomic E-state index is -0.792. The van der Waals surface area contributed by atoms with Crippen molar-refractivity contribution in [3.05, 3.63) is 57.8 Å². The van der Waals surface area contributed by atoms with Gasteiger partial charge in [0.05, 0.1) is 12.0 Å². The molecule has 1 aliphatic rings. The number of hydrogen-bond donors (Lipinski definition) is 2. The number of carboxylic acids is 1. The molecule has 138 valence electrons. The summed E-state index contributed by atoms with van der Waals surface area (Å²) in [5, 5.41) is 14.3. The van der Waals surface area contributed by atoms with Crippen LogP contribution in [0.5, 0.6) is 0 Å². The second-order valence-electron chi connectivity index (χ2n) is 7.32. The molecule has 1 unspecified atom stereocenters. The minimum absolute atomic E-state index is 0.0416. The fourth-order valence-corrected chi connectivity index (χ4v) is 4.35. The molecule has 1 aromatic heterocycles. The predicted octanol–water partition coefficient (Wildman–Crippen LogP) is 4.58. The highest BCUT2D eigenvalue weighted by Gasteiger charge is 2.34. The van der Waals surface area contributed by atoms with E-state index in [2.05, 4.69) is 43.4 Å². The zero-order chi connectivity index (χ0) is 18.7. The summed E-state index contributed by atoms with van der Waals surface area (Å²) in [6.07, 6.45) is 1.66. The van der Waals surface area contributed by atoms with Crippen LogP contribution < -0.4 is 5.32 Å². The number of carboxylic acid groups (broad SMARTS) is 1. The van der Waals surface area contributed by atoms with E-state index in [-0.39, 0.29) is 17.9 Å². The van der Waals surface area contributed by atoms with Crippen molar-refractivity contribution in [3.63, 3.8) is 0 Å². The van der Waals surface area contributed by atoms with Gasteiger partial charge in [-0.2, -0.15) is 0 Å². The molecule has 1 aliphatic carbocycles. The molecule has 0 bridgehead atoms. The van der Waals surface area contributed by atoms with Gasteiger partial charge in [0.1, 0.15) is 0 Å². The summed E-state index contributed by atoms with van der Waals surface area (Å²) in [6, 6.07) is 12.2. The number of rotatable bonds is 6. The van der Waals surface area contributed by atoms with Gasteiger partial charge in [0.25, 0.3) is 0 Å². The standard InChI is InChI=1S/C21H25NO3S/c1-13(2)14-5-7-15(8-6-14)19(18-4-3-11-26-18)22-20(23)16-9-10-17(12-16)21(24)25/h3-8,11,13,16-17,19H,9-10,12H2,1-2H3,(H,22,23)(H,24,25)/t16-,17+,19?/m1/s1. The highest BCUT2D eigenvalue weighted by atomic mass is 32.1. The average Bonchev–Trinajstić information content (AvgIpc) is 3.31. The van der Waals surface area contributed by atoms with Gasteiger partial charge in [-0.15, -0.1) is 11.3 Å². The number of amides is 1. The van der Waals surface area contributed by atoms with Crippen LogP contribution in [0.25, 0.3) is 0 Å². The van der Waals surface area contributed by atoms with Crippen LogP contribution in [-0.4, -0.2) is 17.0 Å². The third kappa shape index (κ3) is 4.15. The molecule has 0 radical (unpaired) electrons. The van der Waals surface area contributed by atoms with Crippen LogP contribution in [0.1, 0.15) is 61.1 Å².